The van der Waals surface area contributed by atoms with Crippen LogP contribution < -0.4 is 15.2 Å². The second kappa shape index (κ2) is 5.94. The summed E-state index contributed by atoms with van der Waals surface area (Å²) in [4.78, 5) is 11.7. The summed E-state index contributed by atoms with van der Waals surface area (Å²) in [5, 5.41) is 7.56. The minimum Gasteiger partial charge on any atom is -0.410 e. The zero-order chi connectivity index (χ0) is 15.5. The van der Waals surface area contributed by atoms with Crippen molar-refractivity contribution in [3.8, 4) is 5.75 Å². The van der Waals surface area contributed by atoms with E-state index in [2.05, 4.69) is 5.32 Å². The van der Waals surface area contributed by atoms with E-state index < -0.39 is 16.1 Å². The Morgan fingerprint density at radius 1 is 1.14 bits per heavy atom. The first kappa shape index (κ1) is 15.0. The fourth-order valence-corrected chi connectivity index (χ4v) is 2.53. The van der Waals surface area contributed by atoms with Crippen molar-refractivity contribution in [2.75, 3.05) is 5.32 Å². The number of hydrogen-bond acceptors (Lipinski definition) is 4. The van der Waals surface area contributed by atoms with Crippen LogP contribution in [0.2, 0.25) is 0 Å². The average Bonchev–Trinajstić information content (AvgIpc) is 2.41. The molecule has 0 spiro atoms. The largest absolute Gasteiger partial charge is 0.417 e. The first-order valence-corrected chi connectivity index (χ1v) is 7.58. The predicted molar refractivity (Wildman–Crippen MR) is 78.6 cm³/mol. The van der Waals surface area contributed by atoms with Gasteiger partial charge in [-0.25, -0.2) is 18.4 Å². The lowest BCUT2D eigenvalue weighted by atomic mass is 10.2. The highest BCUT2D eigenvalue weighted by molar-refractivity contribution is 7.89. The van der Waals surface area contributed by atoms with Gasteiger partial charge in [0.15, 0.2) is 0 Å². The molecule has 0 fully saturated rings. The third-order valence-corrected chi connectivity index (χ3v) is 3.75. The summed E-state index contributed by atoms with van der Waals surface area (Å²) in [7, 11) is -3.84. The number of para-hydroxylation sites is 1. The fraction of sp³-hybridized carbons (Fsp3) is 0.0714. The van der Waals surface area contributed by atoms with Crippen molar-refractivity contribution in [2.45, 2.75) is 11.8 Å². The van der Waals surface area contributed by atoms with Crippen molar-refractivity contribution in [3.63, 3.8) is 0 Å². The fourth-order valence-electron chi connectivity index (χ4n) is 1.72. The summed E-state index contributed by atoms with van der Waals surface area (Å²) in [6, 6.07) is 12.9. The summed E-state index contributed by atoms with van der Waals surface area (Å²) in [5.74, 6) is 0.383. The van der Waals surface area contributed by atoms with Crippen molar-refractivity contribution >= 4 is 21.8 Å². The van der Waals surface area contributed by atoms with Crippen LogP contribution in [0, 0.1) is 6.92 Å². The van der Waals surface area contributed by atoms with E-state index in [9.17, 15) is 13.2 Å². The lowest BCUT2D eigenvalue weighted by molar-refractivity contribution is 0.215. The molecule has 0 radical (unpaired) electrons. The van der Waals surface area contributed by atoms with E-state index in [0.717, 1.165) is 0 Å². The number of primary sulfonamides is 1. The summed E-state index contributed by atoms with van der Waals surface area (Å²) in [6.45, 7) is 1.62. The summed E-state index contributed by atoms with van der Waals surface area (Å²) in [5.41, 5.74) is 0.782. The number of hydrogen-bond donors (Lipinski definition) is 2. The van der Waals surface area contributed by atoms with Crippen LogP contribution in [0.1, 0.15) is 5.56 Å². The van der Waals surface area contributed by atoms with E-state index in [1.807, 2.05) is 0 Å². The summed E-state index contributed by atoms with van der Waals surface area (Å²) >= 11 is 0. The number of carbonyl (C=O) groups is 1. The third kappa shape index (κ3) is 4.04. The first-order valence-electron chi connectivity index (χ1n) is 6.03. The van der Waals surface area contributed by atoms with E-state index in [1.54, 1.807) is 49.4 Å². The highest BCUT2D eigenvalue weighted by Gasteiger charge is 2.13. The molecular weight excluding hydrogens is 292 g/mol. The molecule has 110 valence electrons. The van der Waals surface area contributed by atoms with Crippen molar-refractivity contribution < 1.29 is 17.9 Å². The Morgan fingerprint density at radius 3 is 2.43 bits per heavy atom. The maximum atomic E-state index is 11.7. The molecule has 6 nitrogen and oxygen atoms in total. The maximum Gasteiger partial charge on any atom is 0.417 e. The number of rotatable bonds is 3. The van der Waals surface area contributed by atoms with Crippen molar-refractivity contribution in [1.82, 2.24) is 0 Å². The minimum absolute atomic E-state index is 0.0417. The molecule has 0 saturated heterocycles. The number of benzene rings is 2. The Labute approximate surface area is 122 Å². The van der Waals surface area contributed by atoms with Gasteiger partial charge in [0.05, 0.1) is 4.90 Å². The number of nitrogens with one attached hydrogen (secondary N) is 1. The molecule has 2 aromatic carbocycles. The molecule has 1 amide bonds. The van der Waals surface area contributed by atoms with Crippen LogP contribution in [0.3, 0.4) is 0 Å². The molecule has 3 N–H and O–H groups in total. The van der Waals surface area contributed by atoms with Crippen LogP contribution in [0.25, 0.3) is 0 Å². The normalized spacial score (nSPS) is 11.0. The van der Waals surface area contributed by atoms with Gasteiger partial charge in [-0.15, -0.1) is 0 Å². The quantitative estimate of drug-likeness (QED) is 0.908. The van der Waals surface area contributed by atoms with E-state index in [1.165, 1.54) is 6.07 Å². The van der Waals surface area contributed by atoms with Gasteiger partial charge in [0, 0.05) is 5.69 Å². The summed E-state index contributed by atoms with van der Waals surface area (Å²) < 4.78 is 27.9. The molecule has 0 atom stereocenters. The third-order valence-electron chi connectivity index (χ3n) is 2.69. The number of aryl methyl sites for hydroxylation is 1. The maximum absolute atomic E-state index is 11.7. The molecule has 21 heavy (non-hydrogen) atoms. The number of amides is 1. The van der Waals surface area contributed by atoms with Gasteiger partial charge >= 0.3 is 6.09 Å². The van der Waals surface area contributed by atoms with E-state index in [0.29, 0.717) is 11.3 Å². The molecule has 0 bridgehead atoms. The lowest BCUT2D eigenvalue weighted by Crippen LogP contribution is -2.18. The molecule has 2 rings (SSSR count). The number of nitrogens with two attached hydrogens (primary N) is 1. The van der Waals surface area contributed by atoms with Gasteiger partial charge in [-0.1, -0.05) is 24.3 Å². The Hall–Kier alpha value is -2.38. The molecular formula is C14H14N2O4S. The SMILES string of the molecule is Cc1ccc(NC(=O)Oc2ccccc2)cc1S(N)(=O)=O. The summed E-state index contributed by atoms with van der Waals surface area (Å²) in [6.07, 6.45) is -0.717. The smallest absolute Gasteiger partial charge is 0.410 e. The Morgan fingerprint density at radius 2 is 1.81 bits per heavy atom. The van der Waals surface area contributed by atoms with E-state index in [-0.39, 0.29) is 10.6 Å². The molecule has 0 aliphatic heterocycles. The number of sulfonamides is 1. The van der Waals surface area contributed by atoms with Gasteiger partial charge in [0.2, 0.25) is 10.0 Å². The Bertz CT molecular complexity index is 758. The van der Waals surface area contributed by atoms with Gasteiger partial charge in [-0.2, -0.15) is 0 Å². The van der Waals surface area contributed by atoms with Crippen LogP contribution in [0.4, 0.5) is 10.5 Å². The lowest BCUT2D eigenvalue weighted by Gasteiger charge is -2.09. The van der Waals surface area contributed by atoms with Crippen molar-refractivity contribution in [3.05, 3.63) is 54.1 Å². The Kier molecular flexibility index (Phi) is 4.25. The van der Waals surface area contributed by atoms with Gasteiger partial charge in [-0.3, -0.25) is 5.32 Å². The van der Waals surface area contributed by atoms with Crippen molar-refractivity contribution in [1.29, 1.82) is 0 Å². The molecule has 0 aliphatic carbocycles. The standard InChI is InChI=1S/C14H14N2O4S/c1-10-7-8-11(9-13(10)21(15,18)19)16-14(17)20-12-5-3-2-4-6-12/h2-9H,1H3,(H,16,17)(H2,15,18,19). The number of ether oxygens (including phenoxy) is 1. The molecule has 0 saturated carbocycles. The minimum atomic E-state index is -3.84. The van der Waals surface area contributed by atoms with Crippen molar-refractivity contribution in [2.24, 2.45) is 5.14 Å². The second-order valence-corrected chi connectivity index (χ2v) is 5.88. The second-order valence-electron chi connectivity index (χ2n) is 4.35. The highest BCUT2D eigenvalue weighted by Crippen LogP contribution is 2.19. The molecule has 2 aromatic rings. The molecule has 0 heterocycles. The highest BCUT2D eigenvalue weighted by atomic mass is 32.2. The molecule has 7 heteroatoms. The van der Waals surface area contributed by atoms with Gasteiger partial charge in [0.25, 0.3) is 0 Å². The zero-order valence-electron chi connectivity index (χ0n) is 11.2. The monoisotopic (exact) mass is 306 g/mol. The number of carbonyl (C=O) groups excluding carboxylic acids is 1. The average molecular weight is 306 g/mol. The van der Waals surface area contributed by atoms with Crippen LogP contribution in [0.15, 0.2) is 53.4 Å². The van der Waals surface area contributed by atoms with Gasteiger partial charge in [-0.05, 0) is 36.8 Å². The predicted octanol–water partition coefficient (Wildman–Crippen LogP) is 2.25. The zero-order valence-corrected chi connectivity index (χ0v) is 12.1. The first-order chi connectivity index (χ1) is 9.86. The Balaban J connectivity index is 2.15. The molecule has 0 aromatic heterocycles. The van der Waals surface area contributed by atoms with Gasteiger partial charge < -0.3 is 4.74 Å². The van der Waals surface area contributed by atoms with Crippen LogP contribution in [-0.4, -0.2) is 14.5 Å². The van der Waals surface area contributed by atoms with E-state index in [4.69, 9.17) is 9.88 Å². The van der Waals surface area contributed by atoms with Crippen LogP contribution in [0.5, 0.6) is 5.75 Å². The molecule has 0 aliphatic rings. The number of anilines is 1. The topological polar surface area (TPSA) is 98.5 Å². The van der Waals surface area contributed by atoms with E-state index >= 15 is 0 Å². The van der Waals surface area contributed by atoms with Crippen LogP contribution in [-0.2, 0) is 10.0 Å². The molecule has 0 unspecified atom stereocenters. The van der Waals surface area contributed by atoms with Crippen LogP contribution >= 0.6 is 0 Å². The van der Waals surface area contributed by atoms with Gasteiger partial charge in [0.1, 0.15) is 5.75 Å².